The van der Waals surface area contributed by atoms with E-state index in [1.165, 1.54) is 16.4 Å². The minimum absolute atomic E-state index is 0.206. The number of carboxylic acid groups (broad SMARTS) is 1. The lowest BCUT2D eigenvalue weighted by Crippen LogP contribution is -2.30. The first-order chi connectivity index (χ1) is 10.6. The van der Waals surface area contributed by atoms with Crippen molar-refractivity contribution in [3.05, 3.63) is 60.2 Å². The first kappa shape index (κ1) is 16.0. The van der Waals surface area contributed by atoms with Gasteiger partial charge < -0.3 is 19.3 Å². The number of carboxylic acids is 1. The maximum absolute atomic E-state index is 11.3. The van der Waals surface area contributed by atoms with Crippen LogP contribution in [0.2, 0.25) is 0 Å². The van der Waals surface area contributed by atoms with Gasteiger partial charge in [-0.15, -0.1) is 0 Å². The molecule has 2 aromatic carbocycles. The van der Waals surface area contributed by atoms with Gasteiger partial charge in [0.1, 0.15) is 0 Å². The second-order valence-electron chi connectivity index (χ2n) is 4.46. The predicted molar refractivity (Wildman–Crippen MR) is 84.6 cm³/mol. The molecule has 22 heavy (non-hydrogen) atoms. The number of nitrogens with zero attached hydrogens (tertiary/aromatic N) is 1. The highest BCUT2D eigenvalue weighted by Crippen LogP contribution is 2.14. The Balaban J connectivity index is 1.93. The van der Waals surface area contributed by atoms with Gasteiger partial charge in [0.05, 0.1) is 5.56 Å². The molecule has 0 heterocycles. The molecule has 0 aromatic heterocycles. The average Bonchev–Trinajstić information content (AvgIpc) is 2.52. The van der Waals surface area contributed by atoms with Gasteiger partial charge in [-0.25, -0.2) is 4.79 Å². The summed E-state index contributed by atoms with van der Waals surface area (Å²) in [5.41, 5.74) is 1.53. The van der Waals surface area contributed by atoms with Gasteiger partial charge in [-0.2, -0.15) is 0 Å². The molecule has 0 amide bonds. The summed E-state index contributed by atoms with van der Waals surface area (Å²) in [5, 5.41) is 11.9. The highest BCUT2D eigenvalue weighted by atomic mass is 32.2. The lowest BCUT2D eigenvalue weighted by Gasteiger charge is -2.26. The molecule has 7 heteroatoms. The number of para-hydroxylation sites is 1. The van der Waals surface area contributed by atoms with Gasteiger partial charge in [0.15, 0.2) is 0 Å². The van der Waals surface area contributed by atoms with Crippen molar-refractivity contribution in [1.82, 2.24) is 0 Å². The summed E-state index contributed by atoms with van der Waals surface area (Å²) in [7, 11) is 0. The Morgan fingerprint density at radius 3 is 2.32 bits per heavy atom. The van der Waals surface area contributed by atoms with Crippen molar-refractivity contribution in [3.8, 4) is 0 Å². The molecule has 1 atom stereocenters. The Kier molecular flexibility index (Phi) is 5.51. The van der Waals surface area contributed by atoms with Crippen molar-refractivity contribution in [3.63, 3.8) is 0 Å². The second kappa shape index (κ2) is 7.58. The monoisotopic (exact) mass is 319 g/mol. The third kappa shape index (κ3) is 4.31. The lowest BCUT2D eigenvalue weighted by molar-refractivity contribution is 0.0697. The Hall–Kier alpha value is -2.38. The molecular weight excluding hydrogens is 304 g/mol. The van der Waals surface area contributed by atoms with Crippen LogP contribution in [0.4, 0.5) is 11.4 Å². The maximum Gasteiger partial charge on any atom is 0.335 e. The van der Waals surface area contributed by atoms with Crippen molar-refractivity contribution in [2.45, 2.75) is 0 Å². The standard InChI is InChI=1S/C15H16N2O4S/c18-15(19)12-6-8-13(9-7-12)16-10-11-17(22(20)21)14-4-2-1-3-5-14/h1-9,16H,10-11H2,(H,18,19)(H,20,21)/p-1. The smallest absolute Gasteiger partial charge is 0.335 e. The predicted octanol–water partition coefficient (Wildman–Crippen LogP) is 2.10. The fourth-order valence-corrected chi connectivity index (χ4v) is 2.45. The van der Waals surface area contributed by atoms with E-state index in [0.717, 1.165) is 5.69 Å². The van der Waals surface area contributed by atoms with Gasteiger partial charge >= 0.3 is 5.97 Å². The van der Waals surface area contributed by atoms with Crippen molar-refractivity contribution in [2.24, 2.45) is 0 Å². The average molecular weight is 319 g/mol. The topological polar surface area (TPSA) is 92.7 Å². The third-order valence-corrected chi connectivity index (χ3v) is 3.75. The number of aromatic carboxylic acids is 1. The number of nitrogens with one attached hydrogen (secondary N) is 1. The van der Waals surface area contributed by atoms with Gasteiger partial charge in [-0.1, -0.05) is 18.2 Å². The second-order valence-corrected chi connectivity index (χ2v) is 5.34. The summed E-state index contributed by atoms with van der Waals surface area (Å²) in [6, 6.07) is 15.1. The van der Waals surface area contributed by atoms with Crippen LogP contribution in [0.3, 0.4) is 0 Å². The van der Waals surface area contributed by atoms with Crippen LogP contribution in [-0.2, 0) is 11.3 Å². The lowest BCUT2D eigenvalue weighted by atomic mass is 10.2. The van der Waals surface area contributed by atoms with E-state index in [9.17, 15) is 13.6 Å². The van der Waals surface area contributed by atoms with E-state index in [-0.39, 0.29) is 12.1 Å². The van der Waals surface area contributed by atoms with E-state index in [4.69, 9.17) is 5.11 Å². The first-order valence-electron chi connectivity index (χ1n) is 6.57. The molecule has 6 nitrogen and oxygen atoms in total. The minimum Gasteiger partial charge on any atom is -0.755 e. The Labute approximate surface area is 130 Å². The molecule has 0 radical (unpaired) electrons. The molecule has 0 aliphatic carbocycles. The zero-order valence-corrected chi connectivity index (χ0v) is 12.5. The zero-order valence-electron chi connectivity index (χ0n) is 11.6. The molecular formula is C15H15N2O4S-. The van der Waals surface area contributed by atoms with Crippen LogP contribution in [0.5, 0.6) is 0 Å². The van der Waals surface area contributed by atoms with Crippen molar-refractivity contribution < 1.29 is 18.7 Å². The molecule has 116 valence electrons. The number of carbonyl (C=O) groups is 1. The fraction of sp³-hybridized carbons (Fsp3) is 0.133. The summed E-state index contributed by atoms with van der Waals surface area (Å²) < 4.78 is 23.8. The number of benzene rings is 2. The summed E-state index contributed by atoms with van der Waals surface area (Å²) in [4.78, 5) is 10.8. The molecule has 2 N–H and O–H groups in total. The quantitative estimate of drug-likeness (QED) is 0.762. The van der Waals surface area contributed by atoms with E-state index < -0.39 is 17.2 Å². The number of hydrogen-bond acceptors (Lipinski definition) is 4. The zero-order chi connectivity index (χ0) is 15.9. The molecule has 1 unspecified atom stereocenters. The Morgan fingerprint density at radius 1 is 1.14 bits per heavy atom. The van der Waals surface area contributed by atoms with E-state index in [1.807, 2.05) is 6.07 Å². The first-order valence-corrected chi connectivity index (χ1v) is 7.60. The minimum atomic E-state index is -2.36. The van der Waals surface area contributed by atoms with Crippen LogP contribution in [0.1, 0.15) is 10.4 Å². The van der Waals surface area contributed by atoms with Crippen molar-refractivity contribution in [1.29, 1.82) is 0 Å². The number of rotatable bonds is 7. The van der Waals surface area contributed by atoms with E-state index >= 15 is 0 Å². The van der Waals surface area contributed by atoms with Gasteiger partial charge in [0.25, 0.3) is 0 Å². The number of hydrogen-bond donors (Lipinski definition) is 2. The van der Waals surface area contributed by atoms with Crippen molar-refractivity contribution in [2.75, 3.05) is 22.7 Å². The summed E-state index contributed by atoms with van der Waals surface area (Å²) in [5.74, 6) is -0.983. The molecule has 2 aromatic rings. The highest BCUT2D eigenvalue weighted by Gasteiger charge is 2.06. The van der Waals surface area contributed by atoms with E-state index in [2.05, 4.69) is 5.32 Å². The third-order valence-electron chi connectivity index (χ3n) is 3.00. The molecule has 0 aliphatic rings. The van der Waals surface area contributed by atoms with Gasteiger partial charge in [0.2, 0.25) is 0 Å². The summed E-state index contributed by atoms with van der Waals surface area (Å²) in [6.07, 6.45) is 0. The molecule has 0 fully saturated rings. The highest BCUT2D eigenvalue weighted by molar-refractivity contribution is 7.80. The van der Waals surface area contributed by atoms with Crippen molar-refractivity contribution >= 4 is 28.6 Å². The summed E-state index contributed by atoms with van der Waals surface area (Å²) in [6.45, 7) is 0.663. The summed E-state index contributed by atoms with van der Waals surface area (Å²) >= 11 is -2.36. The molecule has 0 spiro atoms. The molecule has 0 saturated heterocycles. The SMILES string of the molecule is O=C(O)c1ccc(NCCN(c2ccccc2)S(=O)[O-])cc1. The van der Waals surface area contributed by atoms with E-state index in [1.54, 1.807) is 36.4 Å². The van der Waals surface area contributed by atoms with Gasteiger partial charge in [0, 0.05) is 35.7 Å². The molecule has 2 rings (SSSR count). The van der Waals surface area contributed by atoms with Gasteiger partial charge in [-0.3, -0.25) is 4.21 Å². The normalized spacial score (nSPS) is 11.7. The number of anilines is 2. The van der Waals surface area contributed by atoms with Gasteiger partial charge in [-0.05, 0) is 36.4 Å². The molecule has 0 saturated carbocycles. The largest absolute Gasteiger partial charge is 0.755 e. The molecule has 0 bridgehead atoms. The fourth-order valence-electron chi connectivity index (χ4n) is 1.92. The molecule has 0 aliphatic heterocycles. The van der Waals surface area contributed by atoms with Crippen LogP contribution < -0.4 is 9.62 Å². The van der Waals surface area contributed by atoms with E-state index in [0.29, 0.717) is 12.2 Å². The Morgan fingerprint density at radius 2 is 1.77 bits per heavy atom. The van der Waals surface area contributed by atoms with Crippen LogP contribution in [-0.4, -0.2) is 32.9 Å². The van der Waals surface area contributed by atoms with Crippen LogP contribution in [0.25, 0.3) is 0 Å². The van der Waals surface area contributed by atoms with Crippen LogP contribution >= 0.6 is 0 Å². The van der Waals surface area contributed by atoms with Crippen LogP contribution in [0.15, 0.2) is 54.6 Å². The van der Waals surface area contributed by atoms with Crippen LogP contribution in [0, 0.1) is 0 Å². The maximum atomic E-state index is 11.3. The Bertz CT molecular complexity index is 646.